The molecule has 1 aromatic carbocycles. The Kier molecular flexibility index (Phi) is 4.40. The van der Waals surface area contributed by atoms with Crippen LogP contribution in [0.25, 0.3) is 0 Å². The van der Waals surface area contributed by atoms with Gasteiger partial charge in [0.25, 0.3) is 5.91 Å². The van der Waals surface area contributed by atoms with Gasteiger partial charge in [0, 0.05) is 12.1 Å². The molecule has 1 amide bonds. The first kappa shape index (κ1) is 14.1. The second kappa shape index (κ2) is 5.61. The van der Waals surface area contributed by atoms with E-state index in [9.17, 15) is 18.0 Å². The van der Waals surface area contributed by atoms with Crippen LogP contribution < -0.4 is 10.5 Å². The predicted octanol–water partition coefficient (Wildman–Crippen LogP) is -0.597. The van der Waals surface area contributed by atoms with Crippen molar-refractivity contribution in [3.8, 4) is 0 Å². The van der Waals surface area contributed by atoms with Crippen LogP contribution in [0, 0.1) is 0 Å². The summed E-state index contributed by atoms with van der Waals surface area (Å²) in [6, 6.07) is 5.26. The van der Waals surface area contributed by atoms with Gasteiger partial charge in [-0.2, -0.15) is 0 Å². The fourth-order valence-electron chi connectivity index (χ4n) is 1.17. The smallest absolute Gasteiger partial charge is 0.335 e. The average molecular weight is 272 g/mol. The third-order valence-electron chi connectivity index (χ3n) is 2.07. The van der Waals surface area contributed by atoms with Crippen LogP contribution >= 0.6 is 0 Å². The molecule has 0 saturated carbocycles. The van der Waals surface area contributed by atoms with Crippen molar-refractivity contribution < 1.29 is 23.1 Å². The Bertz CT molecular complexity index is 550. The summed E-state index contributed by atoms with van der Waals surface area (Å²) >= 11 is 0. The summed E-state index contributed by atoms with van der Waals surface area (Å²) in [5.74, 6) is -1.93. The van der Waals surface area contributed by atoms with Gasteiger partial charge in [-0.1, -0.05) is 0 Å². The van der Waals surface area contributed by atoms with Crippen molar-refractivity contribution in [2.24, 2.45) is 5.14 Å². The number of carboxylic acid groups (broad SMARTS) is 1. The summed E-state index contributed by atoms with van der Waals surface area (Å²) in [5, 5.41) is 15.8. The molecule has 1 aromatic rings. The zero-order valence-corrected chi connectivity index (χ0v) is 10.1. The van der Waals surface area contributed by atoms with Crippen LogP contribution in [0.3, 0.4) is 0 Å². The molecular formula is C10H12N2O5S. The number of hydrogen-bond donors (Lipinski definition) is 3. The number of nitrogens with one attached hydrogen (secondary N) is 1. The largest absolute Gasteiger partial charge is 0.478 e. The summed E-state index contributed by atoms with van der Waals surface area (Å²) in [7, 11) is -3.61. The maximum absolute atomic E-state index is 11.5. The van der Waals surface area contributed by atoms with Crippen LogP contribution in [0.1, 0.15) is 20.7 Å². The fraction of sp³-hybridized carbons (Fsp3) is 0.200. The van der Waals surface area contributed by atoms with E-state index in [2.05, 4.69) is 5.32 Å². The highest BCUT2D eigenvalue weighted by Gasteiger charge is 2.08. The zero-order valence-electron chi connectivity index (χ0n) is 9.29. The molecule has 7 nitrogen and oxygen atoms in total. The summed E-state index contributed by atoms with van der Waals surface area (Å²) in [6.45, 7) is -0.0989. The van der Waals surface area contributed by atoms with Gasteiger partial charge in [0.2, 0.25) is 10.0 Å². The van der Waals surface area contributed by atoms with E-state index in [1.807, 2.05) is 0 Å². The Morgan fingerprint density at radius 1 is 1.17 bits per heavy atom. The van der Waals surface area contributed by atoms with Gasteiger partial charge in [-0.3, -0.25) is 4.79 Å². The minimum absolute atomic E-state index is 0.0658. The third-order valence-corrected chi connectivity index (χ3v) is 2.84. The lowest BCUT2D eigenvalue weighted by Gasteiger charge is -2.04. The highest BCUT2D eigenvalue weighted by Crippen LogP contribution is 2.04. The Hall–Kier alpha value is -1.93. The number of nitrogens with two attached hydrogens (primary N) is 1. The molecule has 0 atom stereocenters. The van der Waals surface area contributed by atoms with E-state index in [-0.39, 0.29) is 23.4 Å². The number of rotatable bonds is 5. The number of carboxylic acids is 1. The van der Waals surface area contributed by atoms with Gasteiger partial charge in [0.05, 0.1) is 11.3 Å². The first-order valence-electron chi connectivity index (χ1n) is 4.91. The van der Waals surface area contributed by atoms with Crippen molar-refractivity contribution in [1.82, 2.24) is 5.32 Å². The summed E-state index contributed by atoms with van der Waals surface area (Å²) in [4.78, 5) is 22.1. The molecule has 8 heteroatoms. The number of benzene rings is 1. The lowest BCUT2D eigenvalue weighted by molar-refractivity contribution is 0.0696. The van der Waals surface area contributed by atoms with Gasteiger partial charge >= 0.3 is 5.97 Å². The molecule has 0 radical (unpaired) electrons. The van der Waals surface area contributed by atoms with Crippen LogP contribution in [0.15, 0.2) is 24.3 Å². The molecule has 0 saturated heterocycles. The fourth-order valence-corrected chi connectivity index (χ4v) is 1.56. The minimum atomic E-state index is -3.61. The second-order valence-electron chi connectivity index (χ2n) is 3.51. The van der Waals surface area contributed by atoms with E-state index in [4.69, 9.17) is 10.2 Å². The summed E-state index contributed by atoms with van der Waals surface area (Å²) in [5.41, 5.74) is 0.311. The van der Waals surface area contributed by atoms with Crippen molar-refractivity contribution in [1.29, 1.82) is 0 Å². The molecule has 0 aliphatic carbocycles. The topological polar surface area (TPSA) is 127 Å². The second-order valence-corrected chi connectivity index (χ2v) is 5.24. The van der Waals surface area contributed by atoms with E-state index in [0.29, 0.717) is 0 Å². The van der Waals surface area contributed by atoms with Gasteiger partial charge in [-0.25, -0.2) is 18.4 Å². The molecule has 0 bridgehead atoms. The third kappa shape index (κ3) is 4.52. The van der Waals surface area contributed by atoms with E-state index in [1.54, 1.807) is 0 Å². The molecule has 0 fully saturated rings. The van der Waals surface area contributed by atoms with Crippen LogP contribution in [-0.2, 0) is 10.0 Å². The Morgan fingerprint density at radius 2 is 1.67 bits per heavy atom. The lowest BCUT2D eigenvalue weighted by Crippen LogP contribution is -2.31. The number of primary sulfonamides is 1. The normalized spacial score (nSPS) is 10.9. The Morgan fingerprint density at radius 3 is 2.11 bits per heavy atom. The van der Waals surface area contributed by atoms with Crippen molar-refractivity contribution in [2.75, 3.05) is 12.3 Å². The van der Waals surface area contributed by atoms with Crippen molar-refractivity contribution in [3.63, 3.8) is 0 Å². The summed E-state index contributed by atoms with van der Waals surface area (Å²) in [6.07, 6.45) is 0. The minimum Gasteiger partial charge on any atom is -0.478 e. The van der Waals surface area contributed by atoms with Crippen LogP contribution in [0.5, 0.6) is 0 Å². The number of hydrogen-bond acceptors (Lipinski definition) is 4. The predicted molar refractivity (Wildman–Crippen MR) is 63.7 cm³/mol. The van der Waals surface area contributed by atoms with Crippen molar-refractivity contribution in [2.45, 2.75) is 0 Å². The molecule has 0 unspecified atom stereocenters. The number of carbonyl (C=O) groups is 2. The Balaban J connectivity index is 2.59. The average Bonchev–Trinajstić information content (AvgIpc) is 2.27. The molecule has 0 aliphatic rings. The number of carbonyl (C=O) groups excluding carboxylic acids is 1. The van der Waals surface area contributed by atoms with E-state index >= 15 is 0 Å². The summed E-state index contributed by atoms with van der Waals surface area (Å²) < 4.78 is 21.3. The standard InChI is InChI=1S/C10H12N2O5S/c11-18(16,17)6-5-12-9(13)7-1-3-8(4-2-7)10(14)15/h1-4H,5-6H2,(H,12,13)(H,14,15)(H2,11,16,17). The monoisotopic (exact) mass is 272 g/mol. The van der Waals surface area contributed by atoms with Gasteiger partial charge in [0.1, 0.15) is 0 Å². The van der Waals surface area contributed by atoms with Gasteiger partial charge in [-0.05, 0) is 24.3 Å². The molecular weight excluding hydrogens is 260 g/mol. The lowest BCUT2D eigenvalue weighted by atomic mass is 10.1. The molecule has 0 aromatic heterocycles. The maximum Gasteiger partial charge on any atom is 0.335 e. The highest BCUT2D eigenvalue weighted by molar-refractivity contribution is 7.89. The van der Waals surface area contributed by atoms with Crippen molar-refractivity contribution in [3.05, 3.63) is 35.4 Å². The van der Waals surface area contributed by atoms with Gasteiger partial charge < -0.3 is 10.4 Å². The first-order chi connectivity index (χ1) is 8.29. The van der Waals surface area contributed by atoms with Crippen molar-refractivity contribution >= 4 is 21.9 Å². The molecule has 0 spiro atoms. The van der Waals surface area contributed by atoms with E-state index < -0.39 is 21.9 Å². The molecule has 1 rings (SSSR count). The quantitative estimate of drug-likeness (QED) is 0.660. The van der Waals surface area contributed by atoms with Crippen LogP contribution in [-0.4, -0.2) is 37.7 Å². The van der Waals surface area contributed by atoms with Crippen LogP contribution in [0.2, 0.25) is 0 Å². The molecule has 0 aliphatic heterocycles. The zero-order chi connectivity index (χ0) is 13.8. The number of sulfonamides is 1. The molecule has 4 N–H and O–H groups in total. The molecule has 98 valence electrons. The number of aromatic carboxylic acids is 1. The van der Waals surface area contributed by atoms with Crippen LogP contribution in [0.4, 0.5) is 0 Å². The molecule has 0 heterocycles. The first-order valence-corrected chi connectivity index (χ1v) is 6.63. The SMILES string of the molecule is NS(=O)(=O)CCNC(=O)c1ccc(C(=O)O)cc1. The number of amides is 1. The van der Waals surface area contributed by atoms with Gasteiger partial charge in [0.15, 0.2) is 0 Å². The maximum atomic E-state index is 11.5. The Labute approximate surface area is 104 Å². The molecule has 18 heavy (non-hydrogen) atoms. The highest BCUT2D eigenvalue weighted by atomic mass is 32.2. The van der Waals surface area contributed by atoms with E-state index in [0.717, 1.165) is 0 Å². The van der Waals surface area contributed by atoms with Gasteiger partial charge in [-0.15, -0.1) is 0 Å². The van der Waals surface area contributed by atoms with E-state index in [1.165, 1.54) is 24.3 Å².